The van der Waals surface area contributed by atoms with Gasteiger partial charge in [0.25, 0.3) is 0 Å². The van der Waals surface area contributed by atoms with Crippen LogP contribution in [0.2, 0.25) is 0 Å². The van der Waals surface area contributed by atoms with Crippen molar-refractivity contribution >= 4 is 17.6 Å². The van der Waals surface area contributed by atoms with Crippen LogP contribution in [0.3, 0.4) is 0 Å². The molecule has 2 aliphatic heterocycles. The standard InChI is InChI=1S/C23H33FN8/c1-2-25-22(32-18-16-30(17-19-32)21-6-4-20(24)5-7-21)28-10-11-29-12-14-31(15-13-29)23-26-8-3-9-27-23/h3-9H,2,10-19H2,1H3,(H,25,28). The number of benzene rings is 1. The Morgan fingerprint density at radius 1 is 0.938 bits per heavy atom. The SMILES string of the molecule is CCNC(=NCCN1CCN(c2ncccn2)CC1)N1CCN(c2ccc(F)cc2)CC1. The van der Waals surface area contributed by atoms with Crippen LogP contribution in [0.1, 0.15) is 6.92 Å². The van der Waals surface area contributed by atoms with E-state index in [-0.39, 0.29) is 5.82 Å². The molecular formula is C23H33FN8. The van der Waals surface area contributed by atoms with E-state index in [1.54, 1.807) is 12.4 Å². The molecule has 0 unspecified atom stereocenters. The Morgan fingerprint density at radius 3 is 2.25 bits per heavy atom. The predicted molar refractivity (Wildman–Crippen MR) is 127 cm³/mol. The molecule has 2 aromatic rings. The zero-order valence-electron chi connectivity index (χ0n) is 18.8. The second-order valence-corrected chi connectivity index (χ2v) is 8.06. The molecule has 0 amide bonds. The summed E-state index contributed by atoms with van der Waals surface area (Å²) in [5.41, 5.74) is 1.08. The average molecular weight is 441 g/mol. The summed E-state index contributed by atoms with van der Waals surface area (Å²) < 4.78 is 13.2. The van der Waals surface area contributed by atoms with Gasteiger partial charge in [-0.2, -0.15) is 0 Å². The van der Waals surface area contributed by atoms with Crippen LogP contribution >= 0.6 is 0 Å². The molecule has 1 N–H and O–H groups in total. The lowest BCUT2D eigenvalue weighted by Crippen LogP contribution is -2.53. The molecule has 0 saturated carbocycles. The van der Waals surface area contributed by atoms with Gasteiger partial charge in [0.2, 0.25) is 5.95 Å². The van der Waals surface area contributed by atoms with Crippen molar-refractivity contribution in [2.45, 2.75) is 6.92 Å². The third-order valence-corrected chi connectivity index (χ3v) is 5.99. The second kappa shape index (κ2) is 11.1. The maximum Gasteiger partial charge on any atom is 0.225 e. The molecule has 8 nitrogen and oxygen atoms in total. The number of nitrogens with zero attached hydrogens (tertiary/aromatic N) is 7. The number of guanidine groups is 1. The molecule has 9 heteroatoms. The smallest absolute Gasteiger partial charge is 0.225 e. The van der Waals surface area contributed by atoms with Gasteiger partial charge in [-0.1, -0.05) is 0 Å². The van der Waals surface area contributed by atoms with E-state index in [9.17, 15) is 4.39 Å². The highest BCUT2D eigenvalue weighted by molar-refractivity contribution is 5.80. The van der Waals surface area contributed by atoms with Crippen LogP contribution in [-0.2, 0) is 0 Å². The zero-order chi connectivity index (χ0) is 22.2. The van der Waals surface area contributed by atoms with Crippen molar-refractivity contribution in [3.8, 4) is 0 Å². The molecule has 32 heavy (non-hydrogen) atoms. The molecule has 0 bridgehead atoms. The molecule has 0 radical (unpaired) electrons. The average Bonchev–Trinajstić information content (AvgIpc) is 2.85. The molecule has 2 fully saturated rings. The molecule has 1 aromatic carbocycles. The summed E-state index contributed by atoms with van der Waals surface area (Å²) in [4.78, 5) is 22.9. The number of nitrogens with one attached hydrogen (secondary N) is 1. The molecule has 4 rings (SSSR count). The van der Waals surface area contributed by atoms with Gasteiger partial charge in [0.15, 0.2) is 5.96 Å². The van der Waals surface area contributed by atoms with Crippen molar-refractivity contribution in [2.75, 3.05) is 81.8 Å². The summed E-state index contributed by atoms with van der Waals surface area (Å²) in [6.45, 7) is 12.2. The number of anilines is 2. The highest BCUT2D eigenvalue weighted by Gasteiger charge is 2.21. The monoisotopic (exact) mass is 440 g/mol. The van der Waals surface area contributed by atoms with Gasteiger partial charge in [-0.3, -0.25) is 9.89 Å². The van der Waals surface area contributed by atoms with Crippen LogP contribution in [0, 0.1) is 5.82 Å². The number of aromatic nitrogens is 2. The van der Waals surface area contributed by atoms with Gasteiger partial charge in [0, 0.05) is 83.5 Å². The molecule has 172 valence electrons. The minimum Gasteiger partial charge on any atom is -0.368 e. The lowest BCUT2D eigenvalue weighted by Gasteiger charge is -2.38. The van der Waals surface area contributed by atoms with E-state index in [0.29, 0.717) is 0 Å². The van der Waals surface area contributed by atoms with Crippen LogP contribution in [0.4, 0.5) is 16.0 Å². The Labute approximate surface area is 189 Å². The number of piperazine rings is 2. The molecule has 0 spiro atoms. The molecule has 2 saturated heterocycles. The number of aliphatic imine (C=N–C) groups is 1. The summed E-state index contributed by atoms with van der Waals surface area (Å²) in [7, 11) is 0. The first-order chi connectivity index (χ1) is 15.7. The Morgan fingerprint density at radius 2 is 1.59 bits per heavy atom. The van der Waals surface area contributed by atoms with Crippen molar-refractivity contribution in [1.82, 2.24) is 25.1 Å². The van der Waals surface area contributed by atoms with Gasteiger partial charge in [-0.15, -0.1) is 0 Å². The number of hydrogen-bond acceptors (Lipinski definition) is 6. The quantitative estimate of drug-likeness (QED) is 0.540. The molecule has 2 aliphatic rings. The highest BCUT2D eigenvalue weighted by Crippen LogP contribution is 2.17. The maximum atomic E-state index is 13.2. The first-order valence-electron chi connectivity index (χ1n) is 11.5. The van der Waals surface area contributed by atoms with Crippen LogP contribution in [0.15, 0.2) is 47.7 Å². The van der Waals surface area contributed by atoms with Gasteiger partial charge in [-0.05, 0) is 37.3 Å². The Bertz CT molecular complexity index is 844. The van der Waals surface area contributed by atoms with E-state index in [2.05, 4.69) is 41.8 Å². The van der Waals surface area contributed by atoms with Gasteiger partial charge in [-0.25, -0.2) is 14.4 Å². The summed E-state index contributed by atoms with van der Waals surface area (Å²) in [5, 5.41) is 3.45. The van der Waals surface area contributed by atoms with E-state index < -0.39 is 0 Å². The summed E-state index contributed by atoms with van der Waals surface area (Å²) in [6, 6.07) is 8.62. The van der Waals surface area contributed by atoms with E-state index in [1.165, 1.54) is 12.1 Å². The number of halogens is 1. The first-order valence-corrected chi connectivity index (χ1v) is 11.5. The van der Waals surface area contributed by atoms with Gasteiger partial charge in [0.05, 0.1) is 6.54 Å². The molecule has 0 aliphatic carbocycles. The summed E-state index contributed by atoms with van der Waals surface area (Å²) >= 11 is 0. The van der Waals surface area contributed by atoms with Crippen LogP contribution in [0.25, 0.3) is 0 Å². The van der Waals surface area contributed by atoms with E-state index >= 15 is 0 Å². The molecular weight excluding hydrogens is 407 g/mol. The fourth-order valence-electron chi connectivity index (χ4n) is 4.18. The van der Waals surface area contributed by atoms with Crippen LogP contribution in [-0.4, -0.2) is 97.7 Å². The van der Waals surface area contributed by atoms with E-state index in [4.69, 9.17) is 4.99 Å². The van der Waals surface area contributed by atoms with Crippen molar-refractivity contribution in [3.05, 3.63) is 48.5 Å². The molecule has 0 atom stereocenters. The third kappa shape index (κ3) is 5.85. The number of hydrogen-bond donors (Lipinski definition) is 1. The minimum absolute atomic E-state index is 0.191. The first kappa shape index (κ1) is 22.3. The van der Waals surface area contributed by atoms with Crippen molar-refractivity contribution in [1.29, 1.82) is 0 Å². The Kier molecular flexibility index (Phi) is 7.71. The molecule has 1 aromatic heterocycles. The lowest BCUT2D eigenvalue weighted by molar-refractivity contribution is 0.263. The summed E-state index contributed by atoms with van der Waals surface area (Å²) in [6.07, 6.45) is 3.59. The zero-order valence-corrected chi connectivity index (χ0v) is 18.8. The van der Waals surface area contributed by atoms with Crippen LogP contribution in [0.5, 0.6) is 0 Å². The maximum absolute atomic E-state index is 13.2. The largest absolute Gasteiger partial charge is 0.368 e. The normalized spacial score (nSPS) is 18.2. The topological polar surface area (TPSA) is 63.1 Å². The van der Waals surface area contributed by atoms with E-state index in [1.807, 2.05) is 18.2 Å². The van der Waals surface area contributed by atoms with Crippen molar-refractivity contribution in [3.63, 3.8) is 0 Å². The van der Waals surface area contributed by atoms with Crippen molar-refractivity contribution in [2.24, 2.45) is 4.99 Å². The van der Waals surface area contributed by atoms with E-state index in [0.717, 1.165) is 89.6 Å². The predicted octanol–water partition coefficient (Wildman–Crippen LogP) is 1.53. The van der Waals surface area contributed by atoms with Gasteiger partial charge < -0.3 is 20.0 Å². The van der Waals surface area contributed by atoms with Crippen molar-refractivity contribution < 1.29 is 4.39 Å². The Balaban J connectivity index is 1.23. The summed E-state index contributed by atoms with van der Waals surface area (Å²) in [5.74, 6) is 1.62. The highest BCUT2D eigenvalue weighted by atomic mass is 19.1. The minimum atomic E-state index is -0.191. The van der Waals surface area contributed by atoms with Gasteiger partial charge >= 0.3 is 0 Å². The fourth-order valence-corrected chi connectivity index (χ4v) is 4.18. The number of rotatable bonds is 6. The lowest BCUT2D eigenvalue weighted by atomic mass is 10.2. The van der Waals surface area contributed by atoms with Crippen LogP contribution < -0.4 is 15.1 Å². The Hall–Kier alpha value is -2.94. The fraction of sp³-hybridized carbons (Fsp3) is 0.522. The molecule has 3 heterocycles. The third-order valence-electron chi connectivity index (χ3n) is 5.99. The second-order valence-electron chi connectivity index (χ2n) is 8.06. The van der Waals surface area contributed by atoms with Gasteiger partial charge in [0.1, 0.15) is 5.82 Å².